The number of likely N-dealkylation sites (tertiary alicyclic amines) is 1. The summed E-state index contributed by atoms with van der Waals surface area (Å²) in [5, 5.41) is 7.85. The predicted molar refractivity (Wildman–Crippen MR) is 99.5 cm³/mol. The normalized spacial score (nSPS) is 21.0. The summed E-state index contributed by atoms with van der Waals surface area (Å²) < 4.78 is 25.8. The molecule has 0 unspecified atom stereocenters. The lowest BCUT2D eigenvalue weighted by molar-refractivity contribution is -0.142. The summed E-state index contributed by atoms with van der Waals surface area (Å²) in [6, 6.07) is 4.83. The van der Waals surface area contributed by atoms with E-state index in [0.29, 0.717) is 11.0 Å². The van der Waals surface area contributed by atoms with Gasteiger partial charge in [0.1, 0.15) is 11.0 Å². The molecule has 0 aliphatic carbocycles. The number of hydrogen-bond acceptors (Lipinski definition) is 6. The van der Waals surface area contributed by atoms with Gasteiger partial charge in [-0.15, -0.1) is 5.10 Å². The predicted octanol–water partition coefficient (Wildman–Crippen LogP) is 0.900. The fraction of sp³-hybridized carbons (Fsp3) is 0.588. The lowest BCUT2D eigenvalue weighted by Gasteiger charge is -2.38. The maximum atomic E-state index is 12.6. The van der Waals surface area contributed by atoms with Gasteiger partial charge in [-0.2, -0.15) is 0 Å². The Bertz CT molecular complexity index is 930. The van der Waals surface area contributed by atoms with E-state index in [0.717, 1.165) is 28.4 Å². The molecule has 27 heavy (non-hydrogen) atoms. The molecule has 0 spiro atoms. The summed E-state index contributed by atoms with van der Waals surface area (Å²) in [6.07, 6.45) is 3.08. The molecule has 1 amide bonds. The molecule has 0 bridgehead atoms. The third-order valence-corrected chi connectivity index (χ3v) is 6.77. The number of nitrogens with zero attached hydrogens (tertiary/aromatic N) is 5. The Morgan fingerprint density at radius 1 is 1.26 bits per heavy atom. The first kappa shape index (κ1) is 19.6. The van der Waals surface area contributed by atoms with Crippen LogP contribution in [0.3, 0.4) is 0 Å². The average molecular weight is 395 g/mol. The van der Waals surface area contributed by atoms with Crippen LogP contribution in [0.4, 0.5) is 0 Å². The molecule has 148 valence electrons. The van der Waals surface area contributed by atoms with Crippen molar-refractivity contribution in [3.63, 3.8) is 0 Å². The van der Waals surface area contributed by atoms with Gasteiger partial charge >= 0.3 is 0 Å². The molecule has 9 nitrogen and oxygen atoms in total. The molecule has 1 aromatic heterocycles. The summed E-state index contributed by atoms with van der Waals surface area (Å²) in [6.45, 7) is 3.89. The zero-order valence-electron chi connectivity index (χ0n) is 16.0. The molecule has 0 saturated carbocycles. The Kier molecular flexibility index (Phi) is 5.38. The molecule has 2 heterocycles. The maximum absolute atomic E-state index is 12.6. The van der Waals surface area contributed by atoms with Gasteiger partial charge in [0.05, 0.1) is 4.90 Å². The SMILES string of the molecule is C[C@H]1CCC[C@H](C)N1C(=O)COn1nnc2ccc(S(=O)(=O)N(C)C)cc21. The van der Waals surface area contributed by atoms with Gasteiger partial charge in [-0.3, -0.25) is 4.79 Å². The van der Waals surface area contributed by atoms with Crippen LogP contribution in [-0.4, -0.2) is 71.5 Å². The second-order valence-electron chi connectivity index (χ2n) is 7.10. The molecule has 3 rings (SSSR count). The molecule has 1 aliphatic heterocycles. The highest BCUT2D eigenvalue weighted by molar-refractivity contribution is 7.89. The fourth-order valence-electron chi connectivity index (χ4n) is 3.45. The number of amides is 1. The smallest absolute Gasteiger partial charge is 0.263 e. The lowest BCUT2D eigenvalue weighted by atomic mass is 9.97. The Hall–Kier alpha value is -2.20. The average Bonchev–Trinajstić information content (AvgIpc) is 3.02. The number of fused-ring (bicyclic) bond motifs is 1. The van der Waals surface area contributed by atoms with Crippen LogP contribution >= 0.6 is 0 Å². The standard InChI is InChI=1S/C17H25N5O4S/c1-12-6-5-7-13(2)21(12)17(23)11-26-22-16-10-14(27(24,25)20(3)4)8-9-15(16)18-19-22/h8-10,12-13H,5-7,11H2,1-4H3/t12-,13-/m0/s1. The maximum Gasteiger partial charge on any atom is 0.263 e. The minimum Gasteiger partial charge on any atom is -0.385 e. The Balaban J connectivity index is 1.80. The molecule has 10 heteroatoms. The van der Waals surface area contributed by atoms with Crippen molar-refractivity contribution in [3.8, 4) is 0 Å². The molecule has 2 aromatic rings. The van der Waals surface area contributed by atoms with E-state index in [1.807, 2.05) is 18.7 Å². The van der Waals surface area contributed by atoms with Crippen molar-refractivity contribution in [1.29, 1.82) is 0 Å². The van der Waals surface area contributed by atoms with Crippen LogP contribution in [0.2, 0.25) is 0 Å². The molecule has 0 radical (unpaired) electrons. The number of piperidine rings is 1. The van der Waals surface area contributed by atoms with Gasteiger partial charge in [0.2, 0.25) is 10.0 Å². The van der Waals surface area contributed by atoms with Crippen LogP contribution in [-0.2, 0) is 14.8 Å². The Morgan fingerprint density at radius 2 is 1.93 bits per heavy atom. The summed E-state index contributed by atoms with van der Waals surface area (Å²) in [5.74, 6) is -0.115. The van der Waals surface area contributed by atoms with E-state index < -0.39 is 10.0 Å². The van der Waals surface area contributed by atoms with E-state index in [2.05, 4.69) is 10.3 Å². The van der Waals surface area contributed by atoms with Crippen molar-refractivity contribution in [2.45, 2.75) is 50.1 Å². The molecule has 1 saturated heterocycles. The number of benzene rings is 1. The first-order valence-corrected chi connectivity index (χ1v) is 10.4. The first-order valence-electron chi connectivity index (χ1n) is 8.94. The Labute approximate surface area is 158 Å². The van der Waals surface area contributed by atoms with Gasteiger partial charge in [-0.25, -0.2) is 12.7 Å². The van der Waals surface area contributed by atoms with Gasteiger partial charge in [0, 0.05) is 26.2 Å². The van der Waals surface area contributed by atoms with E-state index in [9.17, 15) is 13.2 Å². The molecular weight excluding hydrogens is 370 g/mol. The molecule has 0 N–H and O–H groups in total. The van der Waals surface area contributed by atoms with Gasteiger partial charge in [-0.05, 0) is 56.5 Å². The van der Waals surface area contributed by atoms with E-state index in [-0.39, 0.29) is 29.5 Å². The number of sulfonamides is 1. The van der Waals surface area contributed by atoms with Crippen molar-refractivity contribution in [2.75, 3.05) is 20.7 Å². The van der Waals surface area contributed by atoms with Gasteiger partial charge in [0.15, 0.2) is 6.61 Å². The number of carbonyl (C=O) groups is 1. The van der Waals surface area contributed by atoms with Crippen molar-refractivity contribution in [1.82, 2.24) is 24.4 Å². The van der Waals surface area contributed by atoms with E-state index in [1.165, 1.54) is 26.2 Å². The number of rotatable bonds is 5. The summed E-state index contributed by atoms with van der Waals surface area (Å²) in [5.41, 5.74) is 0.880. The Morgan fingerprint density at radius 3 is 2.56 bits per heavy atom. The second kappa shape index (κ2) is 7.43. The number of hydrogen-bond donors (Lipinski definition) is 0. The third kappa shape index (κ3) is 3.77. The minimum absolute atomic E-state index is 0.108. The third-order valence-electron chi connectivity index (χ3n) is 4.96. The first-order chi connectivity index (χ1) is 12.7. The van der Waals surface area contributed by atoms with Crippen LogP contribution in [0.15, 0.2) is 23.1 Å². The van der Waals surface area contributed by atoms with Gasteiger partial charge < -0.3 is 9.74 Å². The fourth-order valence-corrected chi connectivity index (χ4v) is 4.37. The van der Waals surface area contributed by atoms with Crippen molar-refractivity contribution >= 4 is 27.0 Å². The van der Waals surface area contributed by atoms with E-state index >= 15 is 0 Å². The zero-order valence-corrected chi connectivity index (χ0v) is 16.8. The molecule has 1 aliphatic rings. The topological polar surface area (TPSA) is 97.6 Å². The second-order valence-corrected chi connectivity index (χ2v) is 9.26. The van der Waals surface area contributed by atoms with Gasteiger partial charge in [-0.1, -0.05) is 4.85 Å². The molecular formula is C17H25N5O4S. The lowest BCUT2D eigenvalue weighted by Crippen LogP contribution is -2.49. The minimum atomic E-state index is -3.59. The summed E-state index contributed by atoms with van der Waals surface area (Å²) in [7, 11) is -0.665. The number of carbonyl (C=O) groups excluding carboxylic acids is 1. The monoisotopic (exact) mass is 395 g/mol. The molecule has 1 fully saturated rings. The van der Waals surface area contributed by atoms with E-state index in [1.54, 1.807) is 6.07 Å². The van der Waals surface area contributed by atoms with Crippen LogP contribution in [0, 0.1) is 0 Å². The molecule has 1 aromatic carbocycles. The highest BCUT2D eigenvalue weighted by Gasteiger charge is 2.29. The van der Waals surface area contributed by atoms with Crippen molar-refractivity contribution in [2.24, 2.45) is 0 Å². The van der Waals surface area contributed by atoms with Crippen LogP contribution in [0.5, 0.6) is 0 Å². The van der Waals surface area contributed by atoms with Crippen LogP contribution in [0.1, 0.15) is 33.1 Å². The van der Waals surface area contributed by atoms with E-state index in [4.69, 9.17) is 4.84 Å². The van der Waals surface area contributed by atoms with Crippen LogP contribution < -0.4 is 4.84 Å². The van der Waals surface area contributed by atoms with Crippen LogP contribution in [0.25, 0.3) is 11.0 Å². The largest absolute Gasteiger partial charge is 0.385 e. The zero-order chi connectivity index (χ0) is 19.8. The van der Waals surface area contributed by atoms with Crippen molar-refractivity contribution in [3.05, 3.63) is 18.2 Å². The highest BCUT2D eigenvalue weighted by atomic mass is 32.2. The summed E-state index contributed by atoms with van der Waals surface area (Å²) in [4.78, 5) is 21.2. The summed E-state index contributed by atoms with van der Waals surface area (Å²) >= 11 is 0. The highest BCUT2D eigenvalue weighted by Crippen LogP contribution is 2.23. The molecule has 2 atom stereocenters. The van der Waals surface area contributed by atoms with Gasteiger partial charge in [0.25, 0.3) is 5.91 Å². The number of aromatic nitrogens is 3. The quantitative estimate of drug-likeness (QED) is 0.746. The van der Waals surface area contributed by atoms with Crippen molar-refractivity contribution < 1.29 is 18.0 Å².